The lowest BCUT2D eigenvalue weighted by molar-refractivity contribution is 0.170. The zero-order chi connectivity index (χ0) is 13.1. The van der Waals surface area contributed by atoms with Gasteiger partial charge in [-0.2, -0.15) is 0 Å². The monoisotopic (exact) mass is 285 g/mol. The largest absolute Gasteiger partial charge is 0.386 e. The highest BCUT2D eigenvalue weighted by atomic mass is 35.5. The first kappa shape index (κ1) is 13.3. The van der Waals surface area contributed by atoms with Gasteiger partial charge in [0.2, 0.25) is 0 Å². The minimum absolute atomic E-state index is 0.365. The predicted molar refractivity (Wildman–Crippen MR) is 70.8 cm³/mol. The Balaban J connectivity index is 2.19. The molecule has 0 spiro atoms. The van der Waals surface area contributed by atoms with E-state index in [4.69, 9.17) is 23.2 Å². The molecule has 1 atom stereocenters. The number of hydrogen-bond donors (Lipinski definition) is 1. The third kappa shape index (κ3) is 2.83. The Morgan fingerprint density at radius 3 is 2.83 bits per heavy atom. The van der Waals surface area contributed by atoms with Crippen LogP contribution < -0.4 is 0 Å². The van der Waals surface area contributed by atoms with Crippen LogP contribution in [0.3, 0.4) is 0 Å². The molecule has 0 amide bonds. The molecule has 0 aliphatic carbocycles. The summed E-state index contributed by atoms with van der Waals surface area (Å²) in [5.41, 5.74) is 0.423. The fraction of sp³-hybridized carbons (Fsp3) is 0.333. The lowest BCUT2D eigenvalue weighted by Gasteiger charge is -2.12. The lowest BCUT2D eigenvalue weighted by atomic mass is 10.1. The molecule has 4 nitrogen and oxygen atoms in total. The molecule has 0 aliphatic heterocycles. The maximum atomic E-state index is 10.1. The standard InChI is InChI=1S/C12H13Cl2N3O/c1-2-17-4-3-15-11(17)6-10(18)12-9(14)5-8(13)7-16-12/h3-5,7,10,18H,2,6H2,1H3. The van der Waals surface area contributed by atoms with Crippen LogP contribution in [-0.2, 0) is 13.0 Å². The van der Waals surface area contributed by atoms with Gasteiger partial charge in [-0.15, -0.1) is 0 Å². The van der Waals surface area contributed by atoms with E-state index in [1.54, 1.807) is 12.3 Å². The van der Waals surface area contributed by atoms with Crippen LogP contribution in [0.1, 0.15) is 24.5 Å². The first-order chi connectivity index (χ1) is 8.61. The Labute approximate surface area is 115 Å². The number of aryl methyl sites for hydroxylation is 1. The van der Waals surface area contributed by atoms with Crippen LogP contribution in [0.5, 0.6) is 0 Å². The molecule has 0 aromatic carbocycles. The van der Waals surface area contributed by atoms with Gasteiger partial charge in [-0.05, 0) is 13.0 Å². The van der Waals surface area contributed by atoms with Crippen molar-refractivity contribution in [2.45, 2.75) is 26.0 Å². The molecule has 2 aromatic rings. The van der Waals surface area contributed by atoms with Crippen molar-refractivity contribution in [1.29, 1.82) is 0 Å². The van der Waals surface area contributed by atoms with Crippen molar-refractivity contribution >= 4 is 23.2 Å². The van der Waals surface area contributed by atoms with Gasteiger partial charge in [0, 0.05) is 31.6 Å². The summed E-state index contributed by atoms with van der Waals surface area (Å²) in [5, 5.41) is 11.0. The van der Waals surface area contributed by atoms with Crippen LogP contribution in [0.25, 0.3) is 0 Å². The van der Waals surface area contributed by atoms with E-state index in [1.807, 2.05) is 17.7 Å². The number of aliphatic hydroxyl groups excluding tert-OH is 1. The molecule has 6 heteroatoms. The summed E-state index contributed by atoms with van der Waals surface area (Å²) in [5.74, 6) is 0.804. The summed E-state index contributed by atoms with van der Waals surface area (Å²) in [4.78, 5) is 8.27. The van der Waals surface area contributed by atoms with Crippen LogP contribution in [0.15, 0.2) is 24.7 Å². The number of pyridine rings is 1. The quantitative estimate of drug-likeness (QED) is 0.940. The summed E-state index contributed by atoms with van der Waals surface area (Å²) in [6, 6.07) is 1.57. The van der Waals surface area contributed by atoms with Crippen LogP contribution in [0, 0.1) is 0 Å². The van der Waals surface area contributed by atoms with Crippen LogP contribution >= 0.6 is 23.2 Å². The molecule has 0 aliphatic rings. The van der Waals surface area contributed by atoms with Crippen molar-refractivity contribution in [3.8, 4) is 0 Å². The third-order valence-corrected chi connectivity index (χ3v) is 3.18. The topological polar surface area (TPSA) is 50.9 Å². The van der Waals surface area contributed by atoms with E-state index >= 15 is 0 Å². The number of aliphatic hydroxyl groups is 1. The minimum Gasteiger partial charge on any atom is -0.386 e. The summed E-state index contributed by atoms with van der Waals surface area (Å²) >= 11 is 11.8. The van der Waals surface area contributed by atoms with Gasteiger partial charge in [0.15, 0.2) is 0 Å². The predicted octanol–water partition coefficient (Wildman–Crippen LogP) is 2.88. The van der Waals surface area contributed by atoms with Crippen molar-refractivity contribution in [1.82, 2.24) is 14.5 Å². The second-order valence-corrected chi connectivity index (χ2v) is 4.71. The third-order valence-electron chi connectivity index (χ3n) is 2.67. The van der Waals surface area contributed by atoms with Gasteiger partial charge in [-0.25, -0.2) is 4.98 Å². The Morgan fingerprint density at radius 2 is 2.17 bits per heavy atom. The van der Waals surface area contributed by atoms with Gasteiger partial charge in [0.25, 0.3) is 0 Å². The molecular formula is C12H13Cl2N3O. The zero-order valence-corrected chi connectivity index (χ0v) is 11.4. The number of nitrogens with zero attached hydrogens (tertiary/aromatic N) is 3. The normalized spacial score (nSPS) is 12.7. The first-order valence-electron chi connectivity index (χ1n) is 5.60. The fourth-order valence-corrected chi connectivity index (χ4v) is 2.26. The highest BCUT2D eigenvalue weighted by Crippen LogP contribution is 2.25. The number of halogens is 2. The Kier molecular flexibility index (Phi) is 4.22. The van der Waals surface area contributed by atoms with Crippen molar-refractivity contribution in [2.75, 3.05) is 0 Å². The summed E-state index contributed by atoms with van der Waals surface area (Å²) in [6.45, 7) is 2.83. The Hall–Kier alpha value is -1.10. The molecule has 0 saturated heterocycles. The van der Waals surface area contributed by atoms with Gasteiger partial charge in [0.1, 0.15) is 11.9 Å². The molecule has 1 N–H and O–H groups in total. The molecule has 0 fully saturated rings. The lowest BCUT2D eigenvalue weighted by Crippen LogP contribution is -2.10. The van der Waals surface area contributed by atoms with E-state index in [0.717, 1.165) is 12.4 Å². The van der Waals surface area contributed by atoms with E-state index in [1.165, 1.54) is 6.20 Å². The van der Waals surface area contributed by atoms with Crippen LogP contribution in [0.4, 0.5) is 0 Å². The number of imidazole rings is 1. The van der Waals surface area contributed by atoms with Crippen molar-refractivity contribution in [2.24, 2.45) is 0 Å². The van der Waals surface area contributed by atoms with Crippen molar-refractivity contribution < 1.29 is 5.11 Å². The van der Waals surface area contributed by atoms with Gasteiger partial charge in [0.05, 0.1) is 15.7 Å². The SMILES string of the molecule is CCn1ccnc1CC(O)c1ncc(Cl)cc1Cl. The molecule has 18 heavy (non-hydrogen) atoms. The molecule has 0 radical (unpaired) electrons. The number of aromatic nitrogens is 3. The Bertz CT molecular complexity index is 542. The van der Waals surface area contributed by atoms with Crippen molar-refractivity contribution in [3.05, 3.63) is 46.2 Å². The molecule has 0 saturated carbocycles. The fourth-order valence-electron chi connectivity index (χ4n) is 1.76. The zero-order valence-electron chi connectivity index (χ0n) is 9.85. The van der Waals surface area contributed by atoms with Gasteiger partial charge in [-0.3, -0.25) is 4.98 Å². The molecule has 0 bridgehead atoms. The second kappa shape index (κ2) is 5.69. The van der Waals surface area contributed by atoms with E-state index in [-0.39, 0.29) is 0 Å². The van der Waals surface area contributed by atoms with Gasteiger partial charge >= 0.3 is 0 Å². The molecule has 2 rings (SSSR count). The maximum Gasteiger partial charge on any atom is 0.111 e. The van der Waals surface area contributed by atoms with Gasteiger partial charge < -0.3 is 9.67 Å². The van der Waals surface area contributed by atoms with E-state index in [0.29, 0.717) is 22.2 Å². The Morgan fingerprint density at radius 1 is 1.39 bits per heavy atom. The average molecular weight is 286 g/mol. The molecule has 2 heterocycles. The van der Waals surface area contributed by atoms with E-state index in [2.05, 4.69) is 9.97 Å². The number of hydrogen-bond acceptors (Lipinski definition) is 3. The van der Waals surface area contributed by atoms with Crippen molar-refractivity contribution in [3.63, 3.8) is 0 Å². The summed E-state index contributed by atoms with van der Waals surface area (Å²) < 4.78 is 1.97. The van der Waals surface area contributed by atoms with Crippen LogP contribution in [-0.4, -0.2) is 19.6 Å². The molecule has 96 valence electrons. The smallest absolute Gasteiger partial charge is 0.111 e. The minimum atomic E-state index is -0.789. The van der Waals surface area contributed by atoms with E-state index < -0.39 is 6.10 Å². The average Bonchev–Trinajstić information content (AvgIpc) is 2.76. The maximum absolute atomic E-state index is 10.1. The first-order valence-corrected chi connectivity index (χ1v) is 6.36. The molecule has 2 aromatic heterocycles. The van der Waals surface area contributed by atoms with Gasteiger partial charge in [-0.1, -0.05) is 23.2 Å². The highest BCUT2D eigenvalue weighted by molar-refractivity contribution is 6.34. The van der Waals surface area contributed by atoms with Crippen LogP contribution in [0.2, 0.25) is 10.0 Å². The number of rotatable bonds is 4. The summed E-state index contributed by atoms with van der Waals surface area (Å²) in [7, 11) is 0. The summed E-state index contributed by atoms with van der Waals surface area (Å²) in [6.07, 6.45) is 4.64. The highest BCUT2D eigenvalue weighted by Gasteiger charge is 2.16. The second-order valence-electron chi connectivity index (χ2n) is 3.87. The molecular weight excluding hydrogens is 273 g/mol. The molecule has 1 unspecified atom stereocenters. The van der Waals surface area contributed by atoms with E-state index in [9.17, 15) is 5.11 Å².